The predicted octanol–water partition coefficient (Wildman–Crippen LogP) is -2.59. The van der Waals surface area contributed by atoms with Crippen molar-refractivity contribution in [2.75, 3.05) is 20.8 Å². The molecule has 1 aliphatic heterocycles. The molecule has 0 radical (unpaired) electrons. The number of aromatic amines is 1. The second-order valence-corrected chi connectivity index (χ2v) is 7.48. The Labute approximate surface area is 176 Å². The summed E-state index contributed by atoms with van der Waals surface area (Å²) in [4.78, 5) is 32.3. The fraction of sp³-hybridized carbons (Fsp3) is 0.400. The minimum atomic E-state index is -4.27. The molecular formula is C15H22N8O7S+2. The quantitative estimate of drug-likeness (QED) is 0.175. The number of guanidine groups is 1. The third kappa shape index (κ3) is 5.30. The first kappa shape index (κ1) is 22.5. The van der Waals surface area contributed by atoms with Crippen LogP contribution < -0.4 is 15.7 Å². The lowest BCUT2D eigenvalue weighted by molar-refractivity contribution is -1.13. The number of hydrogen-bond donors (Lipinski definition) is 4. The highest BCUT2D eigenvalue weighted by Gasteiger charge is 2.42. The second kappa shape index (κ2) is 9.31. The summed E-state index contributed by atoms with van der Waals surface area (Å²) < 4.78 is 27.8. The molecule has 2 aliphatic rings. The molecule has 2 heterocycles. The molecule has 0 aromatic carbocycles. The van der Waals surface area contributed by atoms with Crippen LogP contribution in [-0.2, 0) is 37.2 Å². The molecule has 0 saturated carbocycles. The monoisotopic (exact) mass is 458 g/mol. The number of aromatic nitrogens is 2. The Balaban J connectivity index is 1.77. The zero-order chi connectivity index (χ0) is 22.6. The van der Waals surface area contributed by atoms with Crippen LogP contribution in [0.15, 0.2) is 29.3 Å². The molecule has 0 bridgehead atoms. The molecule has 16 heteroatoms. The van der Waals surface area contributed by atoms with Gasteiger partial charge in [0, 0.05) is 0 Å². The van der Waals surface area contributed by atoms with Crippen LogP contribution in [-0.4, -0.2) is 66.5 Å². The SMILES string of the molecule is CO[N+]1=C2C=CC=CC2[NH+](OC)NC1=NCCc1nc(COS(N)(=O)=O)c([N+](=O)[O-])[nH]1. The van der Waals surface area contributed by atoms with Crippen molar-refractivity contribution in [2.24, 2.45) is 10.1 Å². The van der Waals surface area contributed by atoms with Gasteiger partial charge in [-0.3, -0.25) is 4.18 Å². The number of allylic oxidation sites excluding steroid dienone is 2. The fourth-order valence-electron chi connectivity index (χ4n) is 3.01. The number of hydrogen-bond acceptors (Lipinski definition) is 9. The van der Waals surface area contributed by atoms with E-state index in [1.54, 1.807) is 7.11 Å². The fourth-order valence-corrected chi connectivity index (χ4v) is 3.29. The van der Waals surface area contributed by atoms with E-state index in [9.17, 15) is 18.5 Å². The van der Waals surface area contributed by atoms with Gasteiger partial charge in [-0.1, -0.05) is 17.6 Å². The van der Waals surface area contributed by atoms with E-state index < -0.39 is 27.7 Å². The van der Waals surface area contributed by atoms with Crippen molar-refractivity contribution >= 4 is 27.8 Å². The van der Waals surface area contributed by atoms with E-state index in [-0.39, 0.29) is 30.5 Å². The molecule has 31 heavy (non-hydrogen) atoms. The van der Waals surface area contributed by atoms with Crippen molar-refractivity contribution in [1.29, 1.82) is 0 Å². The van der Waals surface area contributed by atoms with Gasteiger partial charge in [0.15, 0.2) is 17.2 Å². The molecule has 2 unspecified atom stereocenters. The van der Waals surface area contributed by atoms with Gasteiger partial charge >= 0.3 is 22.1 Å². The lowest BCUT2D eigenvalue weighted by Crippen LogP contribution is -3.23. The third-order valence-corrected chi connectivity index (χ3v) is 4.75. The molecule has 1 aromatic rings. The van der Waals surface area contributed by atoms with Gasteiger partial charge in [0.05, 0.1) is 13.5 Å². The number of nitro groups is 1. The van der Waals surface area contributed by atoms with E-state index in [1.807, 2.05) is 24.3 Å². The Bertz CT molecular complexity index is 1080. The average molecular weight is 458 g/mol. The van der Waals surface area contributed by atoms with Crippen molar-refractivity contribution in [2.45, 2.75) is 19.1 Å². The van der Waals surface area contributed by atoms with Gasteiger partial charge in [0.2, 0.25) is 6.04 Å². The number of nitrogens with two attached hydrogens (primary N) is 1. The molecule has 0 amide bonds. The highest BCUT2D eigenvalue weighted by molar-refractivity contribution is 7.84. The maximum absolute atomic E-state index is 11.2. The van der Waals surface area contributed by atoms with E-state index in [4.69, 9.17) is 14.8 Å². The van der Waals surface area contributed by atoms with E-state index >= 15 is 0 Å². The lowest BCUT2D eigenvalue weighted by Gasteiger charge is -2.26. The molecule has 0 saturated heterocycles. The van der Waals surface area contributed by atoms with Crippen LogP contribution in [0.3, 0.4) is 0 Å². The Morgan fingerprint density at radius 3 is 2.84 bits per heavy atom. The molecular weight excluding hydrogens is 436 g/mol. The summed E-state index contributed by atoms with van der Waals surface area (Å²) >= 11 is 0. The van der Waals surface area contributed by atoms with Gasteiger partial charge in [0.25, 0.3) is 0 Å². The summed E-state index contributed by atoms with van der Waals surface area (Å²) in [5.74, 6) is 0.114. The molecule has 168 valence electrons. The molecule has 3 rings (SSSR count). The Hall–Kier alpha value is -3.18. The van der Waals surface area contributed by atoms with Gasteiger partial charge in [-0.2, -0.15) is 13.3 Å². The minimum absolute atomic E-state index is 0.150. The van der Waals surface area contributed by atoms with Gasteiger partial charge in [-0.05, 0) is 27.0 Å². The van der Waals surface area contributed by atoms with E-state index in [1.165, 1.54) is 11.8 Å². The second-order valence-electron chi connectivity index (χ2n) is 6.26. The first-order chi connectivity index (χ1) is 14.7. The molecule has 0 spiro atoms. The number of aliphatic imine (C=N–C) groups is 1. The van der Waals surface area contributed by atoms with Gasteiger partial charge in [-0.25, -0.2) is 15.1 Å². The van der Waals surface area contributed by atoms with Crippen LogP contribution in [0.1, 0.15) is 11.5 Å². The summed E-state index contributed by atoms with van der Waals surface area (Å²) in [5.41, 5.74) is 3.67. The number of nitrogens with zero attached hydrogens (tertiary/aromatic N) is 4. The topological polar surface area (TPSA) is 192 Å². The zero-order valence-corrected chi connectivity index (χ0v) is 17.5. The minimum Gasteiger partial charge on any atom is -0.360 e. The maximum atomic E-state index is 11.2. The zero-order valence-electron chi connectivity index (χ0n) is 16.6. The van der Waals surface area contributed by atoms with Crippen molar-refractivity contribution < 1.29 is 37.1 Å². The summed E-state index contributed by atoms with van der Waals surface area (Å²) in [6.07, 6.45) is 7.76. The number of rotatable bonds is 9. The molecule has 1 aromatic heterocycles. The summed E-state index contributed by atoms with van der Waals surface area (Å²) in [6, 6.07) is -0.150. The Kier molecular flexibility index (Phi) is 6.76. The largest absolute Gasteiger partial charge is 0.474 e. The third-order valence-electron chi connectivity index (χ3n) is 4.31. The van der Waals surface area contributed by atoms with Crippen LogP contribution in [0, 0.1) is 10.1 Å². The Morgan fingerprint density at radius 1 is 1.42 bits per heavy atom. The number of H-pyrrole nitrogens is 1. The van der Waals surface area contributed by atoms with E-state index in [2.05, 4.69) is 24.6 Å². The number of quaternary nitrogens is 1. The highest BCUT2D eigenvalue weighted by atomic mass is 32.2. The number of fused-ring (bicyclic) bond motifs is 1. The molecule has 0 fully saturated rings. The van der Waals surface area contributed by atoms with Crippen molar-refractivity contribution in [3.63, 3.8) is 0 Å². The maximum Gasteiger partial charge on any atom is 0.474 e. The van der Waals surface area contributed by atoms with Crippen LogP contribution in [0.4, 0.5) is 5.82 Å². The van der Waals surface area contributed by atoms with Gasteiger partial charge in [-0.15, -0.1) is 4.99 Å². The van der Waals surface area contributed by atoms with Gasteiger partial charge in [0.1, 0.15) is 20.3 Å². The standard InChI is InChI=1S/C15H21N8O7S/c1-28-21-11-5-3-4-6-12(11)22(29-2)20-15(21)17-8-7-13-18-10(9-30-31(16,26)27)14(19-13)23(24)25/h3-6,12H,7-9H2,1-2H3,(H,17,20)(H,18,19)(H2,16,26,27)/q+1/p+1. The molecule has 1 aliphatic carbocycles. The van der Waals surface area contributed by atoms with E-state index in [0.717, 1.165) is 5.71 Å². The van der Waals surface area contributed by atoms with Crippen LogP contribution >= 0.6 is 0 Å². The number of imidazole rings is 1. The van der Waals surface area contributed by atoms with Crippen molar-refractivity contribution in [1.82, 2.24) is 15.4 Å². The van der Waals surface area contributed by atoms with E-state index in [0.29, 0.717) is 11.1 Å². The number of hydroxylamine groups is 2. The predicted molar refractivity (Wildman–Crippen MR) is 105 cm³/mol. The first-order valence-corrected chi connectivity index (χ1v) is 10.4. The van der Waals surface area contributed by atoms with Crippen molar-refractivity contribution in [3.05, 3.63) is 45.9 Å². The molecule has 15 nitrogen and oxygen atoms in total. The summed E-state index contributed by atoms with van der Waals surface area (Å²) in [5, 5.41) is 16.5. The summed E-state index contributed by atoms with van der Waals surface area (Å²) in [7, 11) is -1.23. The van der Waals surface area contributed by atoms with Crippen LogP contribution in [0.25, 0.3) is 0 Å². The van der Waals surface area contributed by atoms with Crippen molar-refractivity contribution in [3.8, 4) is 0 Å². The summed E-state index contributed by atoms with van der Waals surface area (Å²) in [6.45, 7) is -0.484. The molecule has 2 atom stereocenters. The van der Waals surface area contributed by atoms with Crippen LogP contribution in [0.5, 0.6) is 0 Å². The van der Waals surface area contributed by atoms with Gasteiger partial charge < -0.3 is 15.0 Å². The smallest absolute Gasteiger partial charge is 0.360 e. The molecule has 5 N–H and O–H groups in total. The average Bonchev–Trinajstić information content (AvgIpc) is 3.14. The lowest BCUT2D eigenvalue weighted by atomic mass is 10.1. The highest BCUT2D eigenvalue weighted by Crippen LogP contribution is 2.17. The first-order valence-electron chi connectivity index (χ1n) is 8.91. The normalized spacial score (nSPS) is 21.8. The number of nitrogens with one attached hydrogen (secondary N) is 3. The Morgan fingerprint density at radius 2 is 2.19 bits per heavy atom. The van der Waals surface area contributed by atoms with Crippen LogP contribution in [0.2, 0.25) is 0 Å².